The van der Waals surface area contributed by atoms with E-state index in [0.29, 0.717) is 50.4 Å². The van der Waals surface area contributed by atoms with Crippen molar-refractivity contribution < 1.29 is 27.8 Å². The molecule has 1 spiro atoms. The molecule has 4 N–H and O–H groups in total. The lowest BCUT2D eigenvalue weighted by Gasteiger charge is -2.39. The number of aryl methyl sites for hydroxylation is 2. The second kappa shape index (κ2) is 10.0. The van der Waals surface area contributed by atoms with Crippen LogP contribution in [0, 0.1) is 19.3 Å². The maximum absolute atomic E-state index is 14.4. The van der Waals surface area contributed by atoms with Crippen LogP contribution in [0.15, 0.2) is 36.5 Å². The number of carbonyl (C=O) groups is 1. The van der Waals surface area contributed by atoms with E-state index in [9.17, 15) is 23.1 Å². The lowest BCUT2D eigenvalue weighted by Crippen LogP contribution is -2.41. The molecule has 2 aromatic heterocycles. The van der Waals surface area contributed by atoms with Gasteiger partial charge in [0.2, 0.25) is 17.9 Å². The van der Waals surface area contributed by atoms with E-state index >= 15 is 0 Å². The number of hydrogen-bond acceptors (Lipinski definition) is 8. The molecule has 2 atom stereocenters. The number of nitrogens with one attached hydrogen (secondary N) is 1. The van der Waals surface area contributed by atoms with Crippen molar-refractivity contribution in [1.82, 2.24) is 25.1 Å². The largest absolute Gasteiger partial charge is 0.480 e. The van der Waals surface area contributed by atoms with Crippen LogP contribution in [0.25, 0.3) is 5.69 Å². The van der Waals surface area contributed by atoms with Crippen molar-refractivity contribution >= 4 is 17.7 Å². The van der Waals surface area contributed by atoms with E-state index in [2.05, 4.69) is 20.4 Å². The van der Waals surface area contributed by atoms with Gasteiger partial charge in [-0.2, -0.15) is 28.2 Å². The summed E-state index contributed by atoms with van der Waals surface area (Å²) >= 11 is 0. The molecule has 0 saturated carbocycles. The van der Waals surface area contributed by atoms with Crippen LogP contribution in [0.1, 0.15) is 42.2 Å². The first-order chi connectivity index (χ1) is 18.4. The average Bonchev–Trinajstić information content (AvgIpc) is 3.49. The Morgan fingerprint density at radius 3 is 2.56 bits per heavy atom. The van der Waals surface area contributed by atoms with Crippen LogP contribution in [0.4, 0.5) is 24.9 Å². The van der Waals surface area contributed by atoms with E-state index in [1.54, 1.807) is 38.2 Å². The van der Waals surface area contributed by atoms with Crippen molar-refractivity contribution in [3.05, 3.63) is 53.3 Å². The van der Waals surface area contributed by atoms with Crippen molar-refractivity contribution in [2.45, 2.75) is 51.4 Å². The highest BCUT2D eigenvalue weighted by atomic mass is 19.4. The number of alkyl halides is 3. The summed E-state index contributed by atoms with van der Waals surface area (Å²) in [4.78, 5) is 21.5. The van der Waals surface area contributed by atoms with Gasteiger partial charge >= 0.3 is 12.1 Å². The molecular weight excluding hydrogens is 515 g/mol. The van der Waals surface area contributed by atoms with E-state index in [1.165, 1.54) is 16.8 Å². The van der Waals surface area contributed by atoms with Crippen molar-refractivity contribution in [2.24, 2.45) is 5.41 Å². The molecule has 13 heteroatoms. The quantitative estimate of drug-likeness (QED) is 0.425. The number of carboxylic acids is 1. The molecule has 0 bridgehead atoms. The molecule has 208 valence electrons. The first-order valence-corrected chi connectivity index (χ1v) is 12.6. The summed E-state index contributed by atoms with van der Waals surface area (Å²) in [5, 5.41) is 16.7. The zero-order valence-corrected chi connectivity index (χ0v) is 21.6. The second-order valence-electron chi connectivity index (χ2n) is 10.4. The van der Waals surface area contributed by atoms with Gasteiger partial charge in [0.25, 0.3) is 0 Å². The van der Waals surface area contributed by atoms with Gasteiger partial charge in [-0.05, 0) is 56.2 Å². The summed E-state index contributed by atoms with van der Waals surface area (Å²) in [5.74, 6) is -1.00. The molecule has 2 aliphatic rings. The number of aromatic nitrogens is 4. The molecule has 39 heavy (non-hydrogen) atoms. The molecule has 0 amide bonds. The predicted octanol–water partition coefficient (Wildman–Crippen LogP) is 3.58. The summed E-state index contributed by atoms with van der Waals surface area (Å²) < 4.78 is 50.2. The summed E-state index contributed by atoms with van der Waals surface area (Å²) in [6.07, 6.45) is -3.53. The van der Waals surface area contributed by atoms with Gasteiger partial charge in [0.15, 0.2) is 0 Å². The predicted molar refractivity (Wildman–Crippen MR) is 137 cm³/mol. The lowest BCUT2D eigenvalue weighted by molar-refractivity contribution is -0.198. The van der Waals surface area contributed by atoms with Gasteiger partial charge in [0.1, 0.15) is 11.9 Å². The van der Waals surface area contributed by atoms with Gasteiger partial charge < -0.3 is 25.8 Å². The SMILES string of the molecule is Cc1ccc(C(Oc2cc(N3CCC4(CC3)CN[C@H](C(=O)O)C4)nc(N)n2)C(F)(F)F)c(-n2ccc(C)n2)c1. The van der Waals surface area contributed by atoms with Crippen LogP contribution in [0.5, 0.6) is 5.88 Å². The summed E-state index contributed by atoms with van der Waals surface area (Å²) in [5.41, 5.74) is 7.33. The summed E-state index contributed by atoms with van der Waals surface area (Å²) in [7, 11) is 0. The molecule has 0 aliphatic carbocycles. The normalized spacial score (nSPS) is 19.8. The summed E-state index contributed by atoms with van der Waals surface area (Å²) in [6, 6.07) is 7.11. The third-order valence-electron chi connectivity index (χ3n) is 7.49. The lowest BCUT2D eigenvalue weighted by atomic mass is 9.76. The average molecular weight is 546 g/mol. The minimum atomic E-state index is -4.76. The Balaban J connectivity index is 1.40. The molecule has 4 heterocycles. The van der Waals surface area contributed by atoms with E-state index < -0.39 is 24.3 Å². The van der Waals surface area contributed by atoms with Crippen molar-refractivity contribution in [2.75, 3.05) is 30.3 Å². The first-order valence-electron chi connectivity index (χ1n) is 12.6. The number of halogens is 3. The topological polar surface area (TPSA) is 131 Å². The van der Waals surface area contributed by atoms with Crippen LogP contribution in [-0.2, 0) is 4.79 Å². The molecule has 2 aliphatic heterocycles. The number of nitrogens with two attached hydrogens (primary N) is 1. The highest BCUT2D eigenvalue weighted by Gasteiger charge is 2.46. The Hall–Kier alpha value is -3.87. The number of piperidine rings is 1. The summed E-state index contributed by atoms with van der Waals surface area (Å²) in [6.45, 7) is 5.25. The number of hydrogen-bond donors (Lipinski definition) is 3. The van der Waals surface area contributed by atoms with Gasteiger partial charge in [-0.1, -0.05) is 12.1 Å². The number of ether oxygens (including phenoxy) is 1. The smallest absolute Gasteiger partial charge is 0.429 e. The highest BCUT2D eigenvalue weighted by molar-refractivity contribution is 5.74. The molecule has 1 aromatic carbocycles. The van der Waals surface area contributed by atoms with Crippen molar-refractivity contribution in [3.63, 3.8) is 0 Å². The van der Waals surface area contributed by atoms with Gasteiger partial charge in [0.05, 0.1) is 11.4 Å². The molecule has 1 unspecified atom stereocenters. The standard InChI is InChI=1S/C26H30F3N7O3/c1-15-3-4-17(19(11-15)36-8-5-16(2)34-36)22(26(27,28)29)39-21-12-20(32-24(30)33-21)35-9-6-25(7-10-35)13-18(23(37)38)31-14-25/h3-5,8,11-12,18,22,31H,6-7,9-10,13-14H2,1-2H3,(H,37,38)(H2,30,32,33)/t18-,22?/m0/s1. The van der Waals surface area contributed by atoms with E-state index in [-0.39, 0.29) is 28.5 Å². The number of aliphatic carboxylic acids is 1. The van der Waals surface area contributed by atoms with Crippen LogP contribution in [0.2, 0.25) is 0 Å². The van der Waals surface area contributed by atoms with Gasteiger partial charge in [-0.15, -0.1) is 0 Å². The van der Waals surface area contributed by atoms with E-state index in [4.69, 9.17) is 10.5 Å². The van der Waals surface area contributed by atoms with E-state index in [1.807, 2.05) is 4.90 Å². The van der Waals surface area contributed by atoms with Crippen LogP contribution >= 0.6 is 0 Å². The molecule has 0 radical (unpaired) electrons. The Labute approximate surface area is 223 Å². The fraction of sp³-hybridized carbons (Fsp3) is 0.462. The number of nitrogen functional groups attached to an aromatic ring is 1. The van der Waals surface area contributed by atoms with Crippen LogP contribution < -0.4 is 20.7 Å². The number of carboxylic acid groups (broad SMARTS) is 1. The van der Waals surface area contributed by atoms with Gasteiger partial charge in [0, 0.05) is 37.5 Å². The number of rotatable bonds is 6. The Bertz CT molecular complexity index is 1370. The maximum Gasteiger partial charge on any atom is 0.429 e. The fourth-order valence-corrected chi connectivity index (χ4v) is 5.39. The minimum absolute atomic E-state index is 0.114. The van der Waals surface area contributed by atoms with Crippen molar-refractivity contribution in [3.8, 4) is 11.6 Å². The van der Waals surface area contributed by atoms with E-state index in [0.717, 1.165) is 5.56 Å². The zero-order chi connectivity index (χ0) is 27.9. The molecule has 3 aromatic rings. The number of nitrogens with zero attached hydrogens (tertiary/aromatic N) is 5. The Morgan fingerprint density at radius 1 is 1.21 bits per heavy atom. The number of benzene rings is 1. The maximum atomic E-state index is 14.4. The number of anilines is 2. The third kappa shape index (κ3) is 5.63. The molecule has 2 fully saturated rings. The zero-order valence-electron chi connectivity index (χ0n) is 21.6. The molecule has 5 rings (SSSR count). The van der Waals surface area contributed by atoms with Crippen LogP contribution in [-0.4, -0.2) is 62.7 Å². The third-order valence-corrected chi connectivity index (χ3v) is 7.49. The van der Waals surface area contributed by atoms with Crippen LogP contribution in [0.3, 0.4) is 0 Å². The second-order valence-corrected chi connectivity index (χ2v) is 10.4. The minimum Gasteiger partial charge on any atom is -0.480 e. The molecular formula is C26H30F3N7O3. The van der Waals surface area contributed by atoms with Crippen molar-refractivity contribution in [1.29, 1.82) is 0 Å². The fourth-order valence-electron chi connectivity index (χ4n) is 5.39. The van der Waals surface area contributed by atoms with Gasteiger partial charge in [-0.3, -0.25) is 4.79 Å². The first kappa shape index (κ1) is 26.7. The Kier molecular flexibility index (Phi) is 6.87. The molecule has 10 nitrogen and oxygen atoms in total. The van der Waals surface area contributed by atoms with Gasteiger partial charge in [-0.25, -0.2) is 4.68 Å². The monoisotopic (exact) mass is 545 g/mol. The molecule has 2 saturated heterocycles. The highest BCUT2D eigenvalue weighted by Crippen LogP contribution is 2.42. The Morgan fingerprint density at radius 2 is 1.95 bits per heavy atom.